The number of carbonyl (C=O) groups is 1. The molecule has 10 heteroatoms. The highest BCUT2D eigenvalue weighted by Gasteiger charge is 2.21. The number of hydrogen-bond acceptors (Lipinski definition) is 5. The van der Waals surface area contributed by atoms with Crippen LogP contribution in [0.3, 0.4) is 0 Å². The van der Waals surface area contributed by atoms with Gasteiger partial charge in [0.05, 0.1) is 17.0 Å². The molecule has 1 heterocycles. The molecule has 1 aromatic heterocycles. The maximum Gasteiger partial charge on any atom is 0.275 e. The van der Waals surface area contributed by atoms with Crippen LogP contribution >= 0.6 is 34.8 Å². The number of hydrogen-bond donors (Lipinski definition) is 1. The molecular weight excluding hydrogens is 385 g/mol. The average molecular weight is 395 g/mol. The molecule has 0 spiro atoms. The molecule has 2 rings (SSSR count). The lowest BCUT2D eigenvalue weighted by molar-refractivity contribution is 0.102. The van der Waals surface area contributed by atoms with Crippen molar-refractivity contribution in [2.24, 2.45) is 0 Å². The van der Waals surface area contributed by atoms with E-state index in [2.05, 4.69) is 15.3 Å². The third-order valence-electron chi connectivity index (χ3n) is 2.72. The molecule has 122 valence electrons. The molecule has 0 aliphatic rings. The quantitative estimate of drug-likeness (QED) is 0.802. The van der Waals surface area contributed by atoms with Gasteiger partial charge in [-0.3, -0.25) is 4.79 Å². The molecule has 0 saturated carbocycles. The van der Waals surface area contributed by atoms with Crippen molar-refractivity contribution in [1.29, 1.82) is 0 Å². The standard InChI is InChI=1S/C13H10Cl3N3O3S/c1-2-23(21,22)13-17-6-10(16)11(19-13)12(20)18-9-4-7(14)3-8(15)5-9/h3-6H,2H2,1H3,(H,18,20). The fraction of sp³-hybridized carbons (Fsp3) is 0.154. The average Bonchev–Trinajstić information content (AvgIpc) is 2.46. The number of anilines is 1. The second-order valence-corrected chi connectivity index (χ2v) is 7.82. The molecule has 1 aromatic carbocycles. The van der Waals surface area contributed by atoms with Crippen molar-refractivity contribution >= 4 is 56.2 Å². The Morgan fingerprint density at radius 2 is 1.78 bits per heavy atom. The normalized spacial score (nSPS) is 11.3. The van der Waals surface area contributed by atoms with Gasteiger partial charge in [-0.05, 0) is 18.2 Å². The summed E-state index contributed by atoms with van der Waals surface area (Å²) in [6.07, 6.45) is 1.07. The molecular formula is C13H10Cl3N3O3S. The number of halogens is 3. The summed E-state index contributed by atoms with van der Waals surface area (Å²) in [7, 11) is -3.66. The Kier molecular flexibility index (Phi) is 5.46. The van der Waals surface area contributed by atoms with E-state index in [4.69, 9.17) is 34.8 Å². The van der Waals surface area contributed by atoms with Gasteiger partial charge in [0.2, 0.25) is 15.0 Å². The molecule has 0 fully saturated rings. The number of carbonyl (C=O) groups excluding carboxylic acids is 1. The van der Waals surface area contributed by atoms with Crippen molar-refractivity contribution < 1.29 is 13.2 Å². The van der Waals surface area contributed by atoms with Crippen LogP contribution in [0.25, 0.3) is 0 Å². The Balaban J connectivity index is 2.37. The van der Waals surface area contributed by atoms with E-state index in [0.717, 1.165) is 6.20 Å². The predicted octanol–water partition coefficient (Wildman–Crippen LogP) is 3.48. The Labute approximate surface area is 147 Å². The minimum absolute atomic E-state index is 0.0781. The van der Waals surface area contributed by atoms with Crippen LogP contribution in [0.1, 0.15) is 17.4 Å². The van der Waals surface area contributed by atoms with Crippen LogP contribution in [0.15, 0.2) is 29.6 Å². The molecule has 0 radical (unpaired) electrons. The Hall–Kier alpha value is -1.41. The number of amides is 1. The molecule has 1 amide bonds. The molecule has 23 heavy (non-hydrogen) atoms. The third kappa shape index (κ3) is 4.32. The lowest BCUT2D eigenvalue weighted by Crippen LogP contribution is -2.18. The fourth-order valence-corrected chi connectivity index (χ4v) is 3.01. The third-order valence-corrected chi connectivity index (χ3v) is 4.94. The topological polar surface area (TPSA) is 89.0 Å². The second-order valence-electron chi connectivity index (χ2n) is 4.36. The van der Waals surface area contributed by atoms with Gasteiger partial charge in [0, 0.05) is 15.7 Å². The first kappa shape index (κ1) is 17.9. The van der Waals surface area contributed by atoms with E-state index >= 15 is 0 Å². The van der Waals surface area contributed by atoms with Gasteiger partial charge in [-0.25, -0.2) is 18.4 Å². The Bertz CT molecular complexity index is 852. The van der Waals surface area contributed by atoms with Crippen molar-refractivity contribution in [3.63, 3.8) is 0 Å². The van der Waals surface area contributed by atoms with E-state index in [9.17, 15) is 13.2 Å². The molecule has 0 bridgehead atoms. The number of aromatic nitrogens is 2. The fourth-order valence-electron chi connectivity index (χ4n) is 1.61. The minimum atomic E-state index is -3.66. The van der Waals surface area contributed by atoms with Crippen LogP contribution in [0.5, 0.6) is 0 Å². The molecule has 1 N–H and O–H groups in total. The van der Waals surface area contributed by atoms with E-state index in [0.29, 0.717) is 15.7 Å². The monoisotopic (exact) mass is 393 g/mol. The Morgan fingerprint density at radius 1 is 1.17 bits per heavy atom. The van der Waals surface area contributed by atoms with E-state index < -0.39 is 20.9 Å². The van der Waals surface area contributed by atoms with Crippen molar-refractivity contribution in [3.8, 4) is 0 Å². The number of rotatable bonds is 4. The van der Waals surface area contributed by atoms with Gasteiger partial charge in [0.15, 0.2) is 5.69 Å². The van der Waals surface area contributed by atoms with Crippen molar-refractivity contribution in [2.45, 2.75) is 12.1 Å². The van der Waals surface area contributed by atoms with Gasteiger partial charge in [-0.15, -0.1) is 0 Å². The van der Waals surface area contributed by atoms with Gasteiger partial charge in [0.25, 0.3) is 5.91 Å². The summed E-state index contributed by atoms with van der Waals surface area (Å²) in [5, 5.41) is 2.62. The van der Waals surface area contributed by atoms with Gasteiger partial charge in [0.1, 0.15) is 0 Å². The van der Waals surface area contributed by atoms with Crippen molar-refractivity contribution in [1.82, 2.24) is 9.97 Å². The number of nitrogens with one attached hydrogen (secondary N) is 1. The zero-order valence-electron chi connectivity index (χ0n) is 11.7. The van der Waals surface area contributed by atoms with Gasteiger partial charge >= 0.3 is 0 Å². The van der Waals surface area contributed by atoms with Gasteiger partial charge in [-0.1, -0.05) is 41.7 Å². The van der Waals surface area contributed by atoms with Crippen LogP contribution < -0.4 is 5.32 Å². The van der Waals surface area contributed by atoms with Crippen molar-refractivity contribution in [2.75, 3.05) is 11.1 Å². The highest BCUT2D eigenvalue weighted by Crippen LogP contribution is 2.23. The summed E-state index contributed by atoms with van der Waals surface area (Å²) < 4.78 is 23.6. The molecule has 0 atom stereocenters. The summed E-state index contributed by atoms with van der Waals surface area (Å²) in [6.45, 7) is 1.45. The first-order chi connectivity index (χ1) is 10.7. The highest BCUT2D eigenvalue weighted by atomic mass is 35.5. The van der Waals surface area contributed by atoms with Crippen LogP contribution in [-0.2, 0) is 9.84 Å². The first-order valence-electron chi connectivity index (χ1n) is 6.25. The first-order valence-corrected chi connectivity index (χ1v) is 9.04. The predicted molar refractivity (Wildman–Crippen MR) is 89.2 cm³/mol. The van der Waals surface area contributed by atoms with Gasteiger partial charge in [-0.2, -0.15) is 0 Å². The van der Waals surface area contributed by atoms with E-state index in [1.165, 1.54) is 25.1 Å². The van der Waals surface area contributed by atoms with Crippen molar-refractivity contribution in [3.05, 3.63) is 45.2 Å². The van der Waals surface area contributed by atoms with Crippen LogP contribution in [-0.4, -0.2) is 30.0 Å². The zero-order chi connectivity index (χ0) is 17.2. The maximum absolute atomic E-state index is 12.3. The molecule has 0 aliphatic carbocycles. The lowest BCUT2D eigenvalue weighted by atomic mass is 10.3. The largest absolute Gasteiger partial charge is 0.321 e. The molecule has 0 unspecified atom stereocenters. The Morgan fingerprint density at radius 3 is 2.35 bits per heavy atom. The van der Waals surface area contributed by atoms with Crippen LogP contribution in [0.2, 0.25) is 15.1 Å². The van der Waals surface area contributed by atoms with E-state index in [1.54, 1.807) is 0 Å². The van der Waals surface area contributed by atoms with E-state index in [1.807, 2.05) is 0 Å². The number of nitrogens with zero attached hydrogens (tertiary/aromatic N) is 2. The summed E-state index contributed by atoms with van der Waals surface area (Å²) in [6, 6.07) is 4.45. The summed E-state index contributed by atoms with van der Waals surface area (Å²) in [4.78, 5) is 19.7. The van der Waals surface area contributed by atoms with E-state index in [-0.39, 0.29) is 16.5 Å². The molecule has 0 aliphatic heterocycles. The van der Waals surface area contributed by atoms with Gasteiger partial charge < -0.3 is 5.32 Å². The summed E-state index contributed by atoms with van der Waals surface area (Å²) in [5.41, 5.74) is 0.0619. The maximum atomic E-state index is 12.3. The second kappa shape index (κ2) is 7.00. The minimum Gasteiger partial charge on any atom is -0.321 e. The molecule has 2 aromatic rings. The molecule has 0 saturated heterocycles. The van der Waals surface area contributed by atoms with Crippen LogP contribution in [0, 0.1) is 0 Å². The SMILES string of the molecule is CCS(=O)(=O)c1ncc(Cl)c(C(=O)Nc2cc(Cl)cc(Cl)c2)n1. The molecule has 6 nitrogen and oxygen atoms in total. The smallest absolute Gasteiger partial charge is 0.275 e. The number of sulfone groups is 1. The summed E-state index contributed by atoms with van der Waals surface area (Å²) in [5.74, 6) is -0.900. The summed E-state index contributed by atoms with van der Waals surface area (Å²) >= 11 is 17.6. The van der Waals surface area contributed by atoms with Crippen LogP contribution in [0.4, 0.5) is 5.69 Å². The number of benzene rings is 1. The highest BCUT2D eigenvalue weighted by molar-refractivity contribution is 7.91. The zero-order valence-corrected chi connectivity index (χ0v) is 14.8. The lowest BCUT2D eigenvalue weighted by Gasteiger charge is -2.08.